The second kappa shape index (κ2) is 7.67. The smallest absolute Gasteiger partial charge is 0.256 e. The zero-order valence-electron chi connectivity index (χ0n) is 16.7. The van der Waals surface area contributed by atoms with Crippen LogP contribution in [0, 0.1) is 27.7 Å². The van der Waals surface area contributed by atoms with Gasteiger partial charge in [0.25, 0.3) is 5.78 Å². The Morgan fingerprint density at radius 2 is 2.04 bits per heavy atom. The molecule has 1 unspecified atom stereocenters. The van der Waals surface area contributed by atoms with E-state index in [4.69, 9.17) is 4.74 Å². The first kappa shape index (κ1) is 19.1. The average Bonchev–Trinajstić information content (AvgIpc) is 3.36. The molecule has 8 heteroatoms. The number of aromatic nitrogens is 5. The van der Waals surface area contributed by atoms with E-state index in [0.29, 0.717) is 16.7 Å². The molecular formula is C20H25N5O2S. The number of hydrogen-bond acceptors (Lipinski definition) is 6. The molecule has 148 valence electrons. The van der Waals surface area contributed by atoms with Crippen molar-refractivity contribution in [1.82, 2.24) is 24.1 Å². The van der Waals surface area contributed by atoms with E-state index in [2.05, 4.69) is 26.7 Å². The lowest BCUT2D eigenvalue weighted by Crippen LogP contribution is -2.17. The Bertz CT molecular complexity index is 1030. The zero-order chi connectivity index (χ0) is 19.8. The summed E-state index contributed by atoms with van der Waals surface area (Å²) in [6.07, 6.45) is 2.46. The van der Waals surface area contributed by atoms with Gasteiger partial charge in [0.05, 0.1) is 11.9 Å². The normalized spacial score (nSPS) is 16.9. The first-order valence-corrected chi connectivity index (χ1v) is 10.6. The molecule has 4 heterocycles. The molecule has 7 nitrogen and oxygen atoms in total. The van der Waals surface area contributed by atoms with Gasteiger partial charge in [0.2, 0.25) is 0 Å². The van der Waals surface area contributed by atoms with E-state index in [1.807, 2.05) is 37.3 Å². The monoisotopic (exact) mass is 399 g/mol. The molecule has 1 aliphatic rings. The van der Waals surface area contributed by atoms with Crippen LogP contribution in [0.1, 0.15) is 46.0 Å². The molecule has 0 amide bonds. The highest BCUT2D eigenvalue weighted by molar-refractivity contribution is 7.99. The maximum absolute atomic E-state index is 12.9. The minimum atomic E-state index is 0.103. The number of fused-ring (bicyclic) bond motifs is 1. The van der Waals surface area contributed by atoms with Gasteiger partial charge in [-0.1, -0.05) is 11.8 Å². The minimum Gasteiger partial charge on any atom is -0.376 e. The van der Waals surface area contributed by atoms with Crippen molar-refractivity contribution in [3.63, 3.8) is 0 Å². The number of hydrogen-bond donors (Lipinski definition) is 0. The van der Waals surface area contributed by atoms with Crippen molar-refractivity contribution in [2.24, 2.45) is 0 Å². The number of ether oxygens (including phenoxy) is 1. The highest BCUT2D eigenvalue weighted by atomic mass is 32.2. The van der Waals surface area contributed by atoms with E-state index < -0.39 is 0 Å². The molecule has 1 atom stereocenters. The topological polar surface area (TPSA) is 74.3 Å². The Hall–Kier alpha value is -2.19. The third-order valence-electron chi connectivity index (χ3n) is 5.28. The lowest BCUT2D eigenvalue weighted by atomic mass is 10.2. The van der Waals surface area contributed by atoms with Crippen molar-refractivity contribution in [3.8, 4) is 0 Å². The fraction of sp³-hybridized carbons (Fsp3) is 0.500. The van der Waals surface area contributed by atoms with Crippen LogP contribution in [-0.2, 0) is 11.3 Å². The SMILES string of the molecule is Cc1cc(C)n2c(SCC(=O)c3cc(C)n(CC4CCCO4)c3C)nnc2n1. The van der Waals surface area contributed by atoms with Gasteiger partial charge in [0, 0.05) is 41.5 Å². The summed E-state index contributed by atoms with van der Waals surface area (Å²) in [5, 5.41) is 9.05. The maximum atomic E-state index is 12.9. The molecule has 28 heavy (non-hydrogen) atoms. The molecule has 0 aliphatic carbocycles. The molecule has 1 saturated heterocycles. The molecule has 0 saturated carbocycles. The van der Waals surface area contributed by atoms with Gasteiger partial charge in [-0.3, -0.25) is 9.20 Å². The Morgan fingerprint density at radius 1 is 1.21 bits per heavy atom. The number of nitrogens with zero attached hydrogens (tertiary/aromatic N) is 5. The van der Waals surface area contributed by atoms with Crippen LogP contribution >= 0.6 is 11.8 Å². The third-order valence-corrected chi connectivity index (χ3v) is 6.21. The van der Waals surface area contributed by atoms with Crippen molar-refractivity contribution in [1.29, 1.82) is 0 Å². The quantitative estimate of drug-likeness (QED) is 0.468. The molecule has 0 N–H and O–H groups in total. The maximum Gasteiger partial charge on any atom is 0.256 e. The van der Waals surface area contributed by atoms with Crippen molar-refractivity contribution < 1.29 is 9.53 Å². The summed E-state index contributed by atoms with van der Waals surface area (Å²) in [5.41, 5.74) is 4.81. The number of rotatable bonds is 6. The molecule has 0 radical (unpaired) electrons. The van der Waals surface area contributed by atoms with E-state index in [1.54, 1.807) is 0 Å². The summed E-state index contributed by atoms with van der Waals surface area (Å²) >= 11 is 1.40. The number of aryl methyl sites for hydroxylation is 3. The fourth-order valence-corrected chi connectivity index (χ4v) is 4.73. The van der Waals surface area contributed by atoms with Gasteiger partial charge < -0.3 is 9.30 Å². The van der Waals surface area contributed by atoms with Crippen LogP contribution in [0.4, 0.5) is 0 Å². The van der Waals surface area contributed by atoms with E-state index in [1.165, 1.54) is 11.8 Å². The number of carbonyl (C=O) groups is 1. The highest BCUT2D eigenvalue weighted by Crippen LogP contribution is 2.24. The summed E-state index contributed by atoms with van der Waals surface area (Å²) in [6, 6.07) is 3.98. The summed E-state index contributed by atoms with van der Waals surface area (Å²) in [4.78, 5) is 17.3. The van der Waals surface area contributed by atoms with Gasteiger partial charge >= 0.3 is 0 Å². The van der Waals surface area contributed by atoms with Crippen LogP contribution in [-0.4, -0.2) is 48.4 Å². The van der Waals surface area contributed by atoms with Gasteiger partial charge in [-0.25, -0.2) is 4.98 Å². The summed E-state index contributed by atoms with van der Waals surface area (Å²) < 4.78 is 9.86. The average molecular weight is 400 g/mol. The predicted octanol–water partition coefficient (Wildman–Crippen LogP) is 3.31. The van der Waals surface area contributed by atoms with Crippen LogP contribution in [0.2, 0.25) is 0 Å². The molecule has 0 spiro atoms. The molecule has 1 aliphatic heterocycles. The van der Waals surface area contributed by atoms with Gasteiger partial charge in [0.15, 0.2) is 10.9 Å². The third kappa shape index (κ3) is 3.58. The standard InChI is InChI=1S/C20H25N5O2S/c1-12-8-14(3)25-19(21-12)22-23-20(25)28-11-18(26)17-9-13(2)24(15(17)4)10-16-6-5-7-27-16/h8-9,16H,5-7,10-11H2,1-4H3. The van der Waals surface area contributed by atoms with E-state index in [0.717, 1.165) is 54.3 Å². The summed E-state index contributed by atoms with van der Waals surface area (Å²) in [5.74, 6) is 0.992. The summed E-state index contributed by atoms with van der Waals surface area (Å²) in [7, 11) is 0. The lowest BCUT2D eigenvalue weighted by Gasteiger charge is -2.14. The Kier molecular flexibility index (Phi) is 5.25. The number of ketones is 1. The molecule has 3 aromatic heterocycles. The molecule has 3 aromatic rings. The zero-order valence-corrected chi connectivity index (χ0v) is 17.5. The van der Waals surface area contributed by atoms with Gasteiger partial charge in [-0.05, 0) is 52.7 Å². The second-order valence-electron chi connectivity index (χ2n) is 7.40. The van der Waals surface area contributed by atoms with Crippen molar-refractivity contribution in [2.75, 3.05) is 12.4 Å². The van der Waals surface area contributed by atoms with E-state index in [-0.39, 0.29) is 11.9 Å². The Labute approximate surface area is 168 Å². The number of carbonyl (C=O) groups excluding carboxylic acids is 1. The molecular weight excluding hydrogens is 374 g/mol. The van der Waals surface area contributed by atoms with Crippen LogP contribution in [0.25, 0.3) is 5.78 Å². The van der Waals surface area contributed by atoms with Gasteiger partial charge in [-0.15, -0.1) is 10.2 Å². The van der Waals surface area contributed by atoms with Gasteiger partial charge in [-0.2, -0.15) is 0 Å². The Balaban J connectivity index is 1.50. The van der Waals surface area contributed by atoms with Crippen LogP contribution in [0.15, 0.2) is 17.3 Å². The Morgan fingerprint density at radius 3 is 2.79 bits per heavy atom. The van der Waals surface area contributed by atoms with Crippen molar-refractivity contribution >= 4 is 23.3 Å². The van der Waals surface area contributed by atoms with Crippen molar-refractivity contribution in [3.05, 3.63) is 40.5 Å². The summed E-state index contributed by atoms with van der Waals surface area (Å²) in [6.45, 7) is 9.65. The largest absolute Gasteiger partial charge is 0.376 e. The second-order valence-corrected chi connectivity index (χ2v) is 8.34. The molecule has 4 rings (SSSR count). The fourth-order valence-electron chi connectivity index (χ4n) is 3.86. The van der Waals surface area contributed by atoms with Gasteiger partial charge in [0.1, 0.15) is 0 Å². The first-order valence-electron chi connectivity index (χ1n) is 9.57. The van der Waals surface area contributed by atoms with Crippen LogP contribution in [0.3, 0.4) is 0 Å². The molecule has 1 fully saturated rings. The number of thioether (sulfide) groups is 1. The number of Topliss-reactive ketones (excluding diaryl/α,β-unsaturated/α-hetero) is 1. The van der Waals surface area contributed by atoms with Crippen LogP contribution < -0.4 is 0 Å². The predicted molar refractivity (Wildman–Crippen MR) is 108 cm³/mol. The molecule has 0 bridgehead atoms. The van der Waals surface area contributed by atoms with E-state index >= 15 is 0 Å². The van der Waals surface area contributed by atoms with Crippen LogP contribution in [0.5, 0.6) is 0 Å². The highest BCUT2D eigenvalue weighted by Gasteiger charge is 2.21. The molecule has 0 aromatic carbocycles. The van der Waals surface area contributed by atoms with Crippen molar-refractivity contribution in [2.45, 2.75) is 58.3 Å². The van der Waals surface area contributed by atoms with E-state index in [9.17, 15) is 4.79 Å². The first-order chi connectivity index (χ1) is 13.4. The minimum absolute atomic E-state index is 0.103. The lowest BCUT2D eigenvalue weighted by molar-refractivity contribution is 0.0957.